The van der Waals surface area contributed by atoms with Gasteiger partial charge in [0.05, 0.1) is 16.4 Å². The first-order chi connectivity index (χ1) is 6.58. The van der Waals surface area contributed by atoms with E-state index in [1.807, 2.05) is 6.07 Å². The largest absolute Gasteiger partial charge is 0.371 e. The lowest BCUT2D eigenvalue weighted by Gasteiger charge is -2.25. The van der Waals surface area contributed by atoms with Gasteiger partial charge in [-0.15, -0.1) is 0 Å². The fourth-order valence-electron chi connectivity index (χ4n) is 1.34. The molecular formula is C9H8BrClN2O. The van der Waals surface area contributed by atoms with Gasteiger partial charge in [-0.25, -0.2) is 0 Å². The van der Waals surface area contributed by atoms with Crippen LogP contribution < -0.4 is 10.6 Å². The molecule has 0 fully saturated rings. The maximum absolute atomic E-state index is 11.3. The highest BCUT2D eigenvalue weighted by Crippen LogP contribution is 2.36. The van der Waals surface area contributed by atoms with Gasteiger partial charge in [0.1, 0.15) is 6.04 Å². The topological polar surface area (TPSA) is 41.1 Å². The van der Waals surface area contributed by atoms with E-state index in [1.165, 1.54) is 0 Å². The van der Waals surface area contributed by atoms with E-state index in [4.69, 9.17) is 11.6 Å². The third-order valence-corrected chi connectivity index (χ3v) is 2.82. The van der Waals surface area contributed by atoms with Crippen molar-refractivity contribution in [1.29, 1.82) is 0 Å². The number of halogens is 2. The summed E-state index contributed by atoms with van der Waals surface area (Å²) in [7, 11) is 0. The van der Waals surface area contributed by atoms with Crippen LogP contribution in [0, 0.1) is 0 Å². The smallest absolute Gasteiger partial charge is 0.246 e. The van der Waals surface area contributed by atoms with Crippen LogP contribution in [-0.2, 0) is 4.79 Å². The van der Waals surface area contributed by atoms with Crippen LogP contribution in [0.25, 0.3) is 0 Å². The van der Waals surface area contributed by atoms with Crippen LogP contribution in [-0.4, -0.2) is 11.9 Å². The van der Waals surface area contributed by atoms with Crippen LogP contribution >= 0.6 is 27.5 Å². The normalized spacial score (nSPS) is 19.6. The van der Waals surface area contributed by atoms with E-state index in [0.29, 0.717) is 10.7 Å². The molecule has 14 heavy (non-hydrogen) atoms. The lowest BCUT2D eigenvalue weighted by Crippen LogP contribution is -2.36. The minimum absolute atomic E-state index is 0.0494. The Morgan fingerprint density at radius 2 is 2.21 bits per heavy atom. The molecule has 1 heterocycles. The average molecular weight is 276 g/mol. The Morgan fingerprint density at radius 3 is 2.93 bits per heavy atom. The van der Waals surface area contributed by atoms with Gasteiger partial charge in [-0.1, -0.05) is 27.5 Å². The molecule has 0 saturated carbocycles. The van der Waals surface area contributed by atoms with Gasteiger partial charge >= 0.3 is 0 Å². The standard InChI is InChI=1S/C9H8BrClN2O/c1-4-9(14)13-7-3-5(10)2-6(11)8(7)12-4/h2-4,12H,1H3,(H,13,14). The third kappa shape index (κ3) is 1.60. The highest BCUT2D eigenvalue weighted by molar-refractivity contribution is 9.10. The Hall–Kier alpha value is -0.740. The van der Waals surface area contributed by atoms with Crippen molar-refractivity contribution in [2.75, 3.05) is 10.6 Å². The number of carbonyl (C=O) groups is 1. The lowest BCUT2D eigenvalue weighted by molar-refractivity contribution is -0.116. The van der Waals surface area contributed by atoms with Gasteiger partial charge in [-0.2, -0.15) is 0 Å². The highest BCUT2D eigenvalue weighted by Gasteiger charge is 2.23. The van der Waals surface area contributed by atoms with Crippen LogP contribution in [0.15, 0.2) is 16.6 Å². The maximum atomic E-state index is 11.3. The first-order valence-corrected chi connectivity index (χ1v) is 5.31. The number of fused-ring (bicyclic) bond motifs is 1. The Balaban J connectivity index is 2.51. The molecule has 1 amide bonds. The van der Waals surface area contributed by atoms with Crippen LogP contribution in [0.3, 0.4) is 0 Å². The quantitative estimate of drug-likeness (QED) is 0.764. The van der Waals surface area contributed by atoms with Crippen LogP contribution in [0.5, 0.6) is 0 Å². The fraction of sp³-hybridized carbons (Fsp3) is 0.222. The van der Waals surface area contributed by atoms with Gasteiger partial charge in [0.25, 0.3) is 0 Å². The predicted octanol–water partition coefficient (Wildman–Crippen LogP) is 2.86. The first kappa shape index (κ1) is 9.80. The second kappa shape index (κ2) is 3.44. The summed E-state index contributed by atoms with van der Waals surface area (Å²) in [5.41, 5.74) is 1.49. The predicted molar refractivity (Wildman–Crippen MR) is 60.9 cm³/mol. The van der Waals surface area contributed by atoms with E-state index in [-0.39, 0.29) is 11.9 Å². The number of carbonyl (C=O) groups excluding carboxylic acids is 1. The van der Waals surface area contributed by atoms with E-state index in [0.717, 1.165) is 10.2 Å². The van der Waals surface area contributed by atoms with Gasteiger partial charge in [0.2, 0.25) is 5.91 Å². The van der Waals surface area contributed by atoms with Gasteiger partial charge in [0.15, 0.2) is 0 Å². The summed E-state index contributed by atoms with van der Waals surface area (Å²) < 4.78 is 0.845. The summed E-state index contributed by atoms with van der Waals surface area (Å²) >= 11 is 9.33. The minimum atomic E-state index is -0.249. The lowest BCUT2D eigenvalue weighted by atomic mass is 10.1. The molecule has 0 spiro atoms. The van der Waals surface area contributed by atoms with E-state index in [2.05, 4.69) is 26.6 Å². The zero-order valence-electron chi connectivity index (χ0n) is 7.40. The molecule has 0 saturated heterocycles. The number of anilines is 2. The maximum Gasteiger partial charge on any atom is 0.246 e. The number of nitrogens with one attached hydrogen (secondary N) is 2. The summed E-state index contributed by atoms with van der Waals surface area (Å²) in [6.45, 7) is 1.79. The van der Waals surface area contributed by atoms with Gasteiger partial charge in [-0.05, 0) is 19.1 Å². The van der Waals surface area contributed by atoms with Crippen molar-refractivity contribution >= 4 is 44.8 Å². The number of benzene rings is 1. The molecule has 5 heteroatoms. The van der Waals surface area contributed by atoms with Crippen molar-refractivity contribution in [3.8, 4) is 0 Å². The Bertz CT molecular complexity index is 408. The SMILES string of the molecule is CC1Nc2c(Cl)cc(Br)cc2NC1=O. The molecule has 0 aliphatic carbocycles. The van der Waals surface area contributed by atoms with Crippen molar-refractivity contribution in [2.24, 2.45) is 0 Å². The molecule has 0 bridgehead atoms. The molecular weight excluding hydrogens is 267 g/mol. The fourth-order valence-corrected chi connectivity index (χ4v) is 2.21. The van der Waals surface area contributed by atoms with Crippen molar-refractivity contribution < 1.29 is 4.79 Å². The second-order valence-electron chi connectivity index (χ2n) is 3.17. The third-order valence-electron chi connectivity index (χ3n) is 2.07. The zero-order valence-corrected chi connectivity index (χ0v) is 9.74. The molecule has 1 aliphatic heterocycles. The summed E-state index contributed by atoms with van der Waals surface area (Å²) in [6.07, 6.45) is 0. The average Bonchev–Trinajstić information content (AvgIpc) is 2.08. The summed E-state index contributed by atoms with van der Waals surface area (Å²) in [4.78, 5) is 11.3. The summed E-state index contributed by atoms with van der Waals surface area (Å²) in [5, 5.41) is 6.41. The summed E-state index contributed by atoms with van der Waals surface area (Å²) in [5.74, 6) is -0.0494. The molecule has 1 unspecified atom stereocenters. The number of hydrogen-bond acceptors (Lipinski definition) is 2. The zero-order chi connectivity index (χ0) is 10.3. The van der Waals surface area contributed by atoms with Crippen molar-refractivity contribution in [3.05, 3.63) is 21.6 Å². The summed E-state index contributed by atoms with van der Waals surface area (Å²) in [6, 6.07) is 3.36. The minimum Gasteiger partial charge on any atom is -0.371 e. The molecule has 0 radical (unpaired) electrons. The number of rotatable bonds is 0. The molecule has 74 valence electrons. The highest BCUT2D eigenvalue weighted by atomic mass is 79.9. The van der Waals surface area contributed by atoms with Crippen LogP contribution in [0.1, 0.15) is 6.92 Å². The molecule has 2 rings (SSSR count). The van der Waals surface area contributed by atoms with Crippen LogP contribution in [0.2, 0.25) is 5.02 Å². The van der Waals surface area contributed by atoms with Crippen molar-refractivity contribution in [1.82, 2.24) is 0 Å². The molecule has 0 aromatic heterocycles. The molecule has 1 atom stereocenters. The second-order valence-corrected chi connectivity index (χ2v) is 4.49. The van der Waals surface area contributed by atoms with E-state index < -0.39 is 0 Å². The van der Waals surface area contributed by atoms with Gasteiger partial charge in [-0.3, -0.25) is 4.79 Å². The molecule has 1 aromatic rings. The van der Waals surface area contributed by atoms with Crippen molar-refractivity contribution in [2.45, 2.75) is 13.0 Å². The van der Waals surface area contributed by atoms with Gasteiger partial charge in [0, 0.05) is 4.47 Å². The Kier molecular flexibility index (Phi) is 2.41. The molecule has 1 aliphatic rings. The Labute approximate surface area is 95.0 Å². The van der Waals surface area contributed by atoms with E-state index >= 15 is 0 Å². The van der Waals surface area contributed by atoms with Crippen molar-refractivity contribution in [3.63, 3.8) is 0 Å². The van der Waals surface area contributed by atoms with Crippen LogP contribution in [0.4, 0.5) is 11.4 Å². The van der Waals surface area contributed by atoms with Gasteiger partial charge < -0.3 is 10.6 Å². The monoisotopic (exact) mass is 274 g/mol. The number of amides is 1. The molecule has 2 N–H and O–H groups in total. The molecule has 3 nitrogen and oxygen atoms in total. The Morgan fingerprint density at radius 1 is 1.50 bits per heavy atom. The van der Waals surface area contributed by atoms with E-state index in [9.17, 15) is 4.79 Å². The molecule has 1 aromatic carbocycles. The number of hydrogen-bond donors (Lipinski definition) is 2. The first-order valence-electron chi connectivity index (χ1n) is 4.14. The van der Waals surface area contributed by atoms with E-state index in [1.54, 1.807) is 13.0 Å².